The van der Waals surface area contributed by atoms with Crippen molar-refractivity contribution in [1.82, 2.24) is 19.5 Å². The minimum absolute atomic E-state index is 0.0139. The van der Waals surface area contributed by atoms with E-state index in [9.17, 15) is 26.3 Å². The van der Waals surface area contributed by atoms with E-state index in [0.29, 0.717) is 43.0 Å². The maximum Gasteiger partial charge on any atom is 0.482 e. The first kappa shape index (κ1) is 21.4. The zero-order valence-electron chi connectivity index (χ0n) is 16.0. The van der Waals surface area contributed by atoms with E-state index < -0.39 is 18.3 Å². The lowest BCUT2D eigenvalue weighted by Gasteiger charge is -2.28. The molecule has 1 saturated heterocycles. The van der Waals surface area contributed by atoms with Gasteiger partial charge in [-0.05, 0) is 41.0 Å². The predicted octanol–water partition coefficient (Wildman–Crippen LogP) is 4.18. The van der Waals surface area contributed by atoms with Crippen molar-refractivity contribution in [2.24, 2.45) is 0 Å². The van der Waals surface area contributed by atoms with Crippen LogP contribution in [0, 0.1) is 0 Å². The standard InChI is InChI=1S/C19H17F6N5O/c20-18(21,22)17-28-27-16-4-2-13(11-30(16)17)12-1-3-15(26-19(23,24)25)14(9-12)10-29-5-7-31-8-6-29/h1-4,9,11,26H,5-8,10H2. The quantitative estimate of drug-likeness (QED) is 0.483. The predicted molar refractivity (Wildman–Crippen MR) is 99.2 cm³/mol. The minimum atomic E-state index is -4.69. The molecule has 1 fully saturated rings. The van der Waals surface area contributed by atoms with Crippen molar-refractivity contribution in [3.8, 4) is 11.1 Å². The van der Waals surface area contributed by atoms with E-state index in [1.807, 2.05) is 4.90 Å². The van der Waals surface area contributed by atoms with Crippen LogP contribution in [0.2, 0.25) is 0 Å². The Balaban J connectivity index is 1.73. The van der Waals surface area contributed by atoms with Crippen molar-refractivity contribution in [2.75, 3.05) is 31.6 Å². The molecule has 0 bridgehead atoms. The van der Waals surface area contributed by atoms with Crippen LogP contribution in [0.25, 0.3) is 16.8 Å². The van der Waals surface area contributed by atoms with Gasteiger partial charge < -0.3 is 4.74 Å². The van der Waals surface area contributed by atoms with Crippen molar-refractivity contribution in [3.63, 3.8) is 0 Å². The highest BCUT2D eigenvalue weighted by molar-refractivity contribution is 5.69. The molecule has 0 radical (unpaired) electrons. The molecule has 12 heteroatoms. The first-order valence-corrected chi connectivity index (χ1v) is 9.30. The fourth-order valence-corrected chi connectivity index (χ4v) is 3.43. The number of pyridine rings is 1. The molecule has 2 aromatic heterocycles. The monoisotopic (exact) mass is 445 g/mol. The summed E-state index contributed by atoms with van der Waals surface area (Å²) < 4.78 is 84.4. The molecule has 1 aliphatic heterocycles. The number of anilines is 1. The fourth-order valence-electron chi connectivity index (χ4n) is 3.43. The number of nitrogens with one attached hydrogen (secondary N) is 1. The Labute approximate surface area is 172 Å². The SMILES string of the molecule is FC(F)(F)Nc1ccc(-c2ccc3nnc(C(F)(F)F)n3c2)cc1CN1CCOCC1. The van der Waals surface area contributed by atoms with E-state index in [4.69, 9.17) is 4.74 Å². The first-order valence-electron chi connectivity index (χ1n) is 9.30. The van der Waals surface area contributed by atoms with Crippen LogP contribution in [0.4, 0.5) is 32.0 Å². The fraction of sp³-hybridized carbons (Fsp3) is 0.368. The highest BCUT2D eigenvalue weighted by atomic mass is 19.4. The number of morpholine rings is 1. The zero-order valence-corrected chi connectivity index (χ0v) is 16.0. The number of alkyl halides is 6. The third kappa shape index (κ3) is 4.90. The van der Waals surface area contributed by atoms with Gasteiger partial charge in [0.15, 0.2) is 5.65 Å². The summed E-state index contributed by atoms with van der Waals surface area (Å²) in [6, 6.07) is 7.17. The molecule has 0 atom stereocenters. The van der Waals surface area contributed by atoms with Crippen LogP contribution in [0.1, 0.15) is 11.4 Å². The number of nitrogens with zero attached hydrogens (tertiary/aromatic N) is 4. The van der Waals surface area contributed by atoms with Gasteiger partial charge in [-0.3, -0.25) is 14.6 Å². The Morgan fingerprint density at radius 3 is 2.32 bits per heavy atom. The number of fused-ring (bicyclic) bond motifs is 1. The molecule has 3 aromatic rings. The number of hydrogen-bond donors (Lipinski definition) is 1. The van der Waals surface area contributed by atoms with Crippen molar-refractivity contribution in [2.45, 2.75) is 19.0 Å². The molecule has 166 valence electrons. The lowest BCUT2D eigenvalue weighted by Crippen LogP contribution is -2.36. The Bertz CT molecular complexity index is 1070. The van der Waals surface area contributed by atoms with Crippen LogP contribution in [-0.4, -0.2) is 52.1 Å². The number of aromatic nitrogens is 3. The van der Waals surface area contributed by atoms with Crippen molar-refractivity contribution >= 4 is 11.3 Å². The largest absolute Gasteiger partial charge is 0.482 e. The average Bonchev–Trinajstić information content (AvgIpc) is 3.13. The third-order valence-electron chi connectivity index (χ3n) is 4.87. The van der Waals surface area contributed by atoms with E-state index in [1.165, 1.54) is 24.4 Å². The van der Waals surface area contributed by atoms with Crippen molar-refractivity contribution in [1.29, 1.82) is 0 Å². The van der Waals surface area contributed by atoms with Gasteiger partial charge in [-0.25, -0.2) is 0 Å². The lowest BCUT2D eigenvalue weighted by molar-refractivity contribution is -0.145. The molecule has 1 aliphatic rings. The Kier molecular flexibility index (Phi) is 5.52. The maximum absolute atomic E-state index is 13.2. The summed E-state index contributed by atoms with van der Waals surface area (Å²) in [5.41, 5.74) is 1.14. The lowest BCUT2D eigenvalue weighted by atomic mass is 10.0. The summed E-state index contributed by atoms with van der Waals surface area (Å²) in [5, 5.41) is 8.23. The molecule has 1 aromatic carbocycles. The van der Waals surface area contributed by atoms with Crippen LogP contribution in [0.5, 0.6) is 0 Å². The summed E-state index contributed by atoms with van der Waals surface area (Å²) in [6.07, 6.45) is -8.09. The summed E-state index contributed by atoms with van der Waals surface area (Å²) in [4.78, 5) is 1.95. The van der Waals surface area contributed by atoms with Crippen LogP contribution >= 0.6 is 0 Å². The zero-order chi connectivity index (χ0) is 22.2. The van der Waals surface area contributed by atoms with E-state index in [1.54, 1.807) is 17.4 Å². The highest BCUT2D eigenvalue weighted by Crippen LogP contribution is 2.32. The Hall–Kier alpha value is -2.86. The molecule has 6 nitrogen and oxygen atoms in total. The first-order chi connectivity index (χ1) is 14.6. The maximum atomic E-state index is 13.2. The van der Waals surface area contributed by atoms with Gasteiger partial charge in [-0.2, -0.15) is 26.3 Å². The van der Waals surface area contributed by atoms with Gasteiger partial charge in [0.2, 0.25) is 5.82 Å². The summed E-state index contributed by atoms with van der Waals surface area (Å²) in [5.74, 6) is -1.17. The van der Waals surface area contributed by atoms with Gasteiger partial charge in [0, 0.05) is 31.5 Å². The van der Waals surface area contributed by atoms with E-state index in [2.05, 4.69) is 10.2 Å². The molecule has 4 rings (SSSR count). The van der Waals surface area contributed by atoms with E-state index in [-0.39, 0.29) is 17.9 Å². The number of rotatable bonds is 4. The summed E-state index contributed by atoms with van der Waals surface area (Å²) in [6.45, 7) is 2.32. The molecule has 0 saturated carbocycles. The highest BCUT2D eigenvalue weighted by Gasteiger charge is 2.37. The summed E-state index contributed by atoms with van der Waals surface area (Å²) in [7, 11) is 0. The molecule has 3 heterocycles. The molecule has 0 amide bonds. The summed E-state index contributed by atoms with van der Waals surface area (Å²) >= 11 is 0. The second kappa shape index (κ2) is 8.00. The molecule has 1 N–H and O–H groups in total. The van der Waals surface area contributed by atoms with E-state index in [0.717, 1.165) is 4.40 Å². The minimum Gasteiger partial charge on any atom is -0.379 e. The molecular weight excluding hydrogens is 428 g/mol. The second-order valence-electron chi connectivity index (χ2n) is 7.05. The third-order valence-corrected chi connectivity index (χ3v) is 4.87. The topological polar surface area (TPSA) is 54.7 Å². The van der Waals surface area contributed by atoms with Gasteiger partial charge in [0.1, 0.15) is 0 Å². The van der Waals surface area contributed by atoms with Crippen LogP contribution in [-0.2, 0) is 17.5 Å². The van der Waals surface area contributed by atoms with E-state index >= 15 is 0 Å². The molecule has 0 aliphatic carbocycles. The van der Waals surface area contributed by atoms with Gasteiger partial charge in [0.25, 0.3) is 0 Å². The van der Waals surface area contributed by atoms with Crippen LogP contribution < -0.4 is 5.32 Å². The molecular formula is C19H17F6N5O. The normalized spacial score (nSPS) is 16.1. The molecule has 31 heavy (non-hydrogen) atoms. The number of halogens is 6. The number of hydrogen-bond acceptors (Lipinski definition) is 5. The van der Waals surface area contributed by atoms with Gasteiger partial charge >= 0.3 is 12.5 Å². The van der Waals surface area contributed by atoms with Gasteiger partial charge in [-0.1, -0.05) is 6.07 Å². The molecule has 0 unspecified atom stereocenters. The van der Waals surface area contributed by atoms with Gasteiger partial charge in [0.05, 0.1) is 13.2 Å². The second-order valence-corrected chi connectivity index (χ2v) is 7.05. The smallest absolute Gasteiger partial charge is 0.379 e. The van der Waals surface area contributed by atoms with Crippen LogP contribution in [0.15, 0.2) is 36.5 Å². The molecule has 0 spiro atoms. The van der Waals surface area contributed by atoms with Gasteiger partial charge in [-0.15, -0.1) is 10.2 Å². The van der Waals surface area contributed by atoms with Crippen LogP contribution in [0.3, 0.4) is 0 Å². The Morgan fingerprint density at radius 2 is 1.65 bits per heavy atom. The number of benzene rings is 1. The Morgan fingerprint density at radius 1 is 0.935 bits per heavy atom. The van der Waals surface area contributed by atoms with Crippen molar-refractivity contribution < 1.29 is 31.1 Å². The number of ether oxygens (including phenoxy) is 1. The average molecular weight is 445 g/mol. The van der Waals surface area contributed by atoms with Crippen molar-refractivity contribution in [3.05, 3.63) is 47.9 Å².